The number of amides is 1. The van der Waals surface area contributed by atoms with Gasteiger partial charge in [-0.25, -0.2) is 0 Å². The first kappa shape index (κ1) is 13.8. The smallest absolute Gasteiger partial charge is 0.261 e. The molecule has 1 fully saturated rings. The van der Waals surface area contributed by atoms with Crippen LogP contribution in [-0.2, 0) is 4.79 Å². The molecule has 3 unspecified atom stereocenters. The van der Waals surface area contributed by atoms with E-state index < -0.39 is 6.10 Å². The predicted octanol–water partition coefficient (Wildman–Crippen LogP) is 0.963. The second-order valence-electron chi connectivity index (χ2n) is 5.03. The van der Waals surface area contributed by atoms with Crippen LogP contribution < -0.4 is 15.4 Å². The molecular formula is C14H21N3O2. The Balaban J connectivity index is 1.85. The van der Waals surface area contributed by atoms with Crippen molar-refractivity contribution in [1.82, 2.24) is 15.6 Å². The van der Waals surface area contributed by atoms with Gasteiger partial charge in [0.1, 0.15) is 5.75 Å². The summed E-state index contributed by atoms with van der Waals surface area (Å²) in [6.07, 6.45) is 3.74. The predicted molar refractivity (Wildman–Crippen MR) is 72.9 cm³/mol. The third-order valence-electron chi connectivity index (χ3n) is 3.43. The summed E-state index contributed by atoms with van der Waals surface area (Å²) in [5.74, 6) is 0.995. The highest BCUT2D eigenvalue weighted by Gasteiger charge is 2.25. The lowest BCUT2D eigenvalue weighted by Crippen LogP contribution is -2.51. The monoisotopic (exact) mass is 263 g/mol. The number of aromatic nitrogens is 1. The number of piperidine rings is 1. The molecule has 0 aromatic carbocycles. The van der Waals surface area contributed by atoms with E-state index in [0.717, 1.165) is 19.5 Å². The second kappa shape index (κ2) is 6.52. The topological polar surface area (TPSA) is 63.2 Å². The van der Waals surface area contributed by atoms with Gasteiger partial charge in [0, 0.05) is 12.2 Å². The van der Waals surface area contributed by atoms with Crippen molar-refractivity contribution in [1.29, 1.82) is 0 Å². The highest BCUT2D eigenvalue weighted by atomic mass is 16.5. The van der Waals surface area contributed by atoms with Crippen LogP contribution in [0, 0.1) is 5.92 Å². The SMILES string of the molecule is CC(Oc1cccnc1)C(=O)NC1CCNCC1C. The van der Waals surface area contributed by atoms with Gasteiger partial charge in [0.25, 0.3) is 5.91 Å². The third-order valence-corrected chi connectivity index (χ3v) is 3.43. The maximum atomic E-state index is 12.1. The number of rotatable bonds is 4. The van der Waals surface area contributed by atoms with Gasteiger partial charge in [-0.3, -0.25) is 9.78 Å². The maximum Gasteiger partial charge on any atom is 0.261 e. The van der Waals surface area contributed by atoms with Crippen molar-refractivity contribution in [2.24, 2.45) is 5.92 Å². The Labute approximate surface area is 113 Å². The molecule has 104 valence electrons. The van der Waals surface area contributed by atoms with Gasteiger partial charge in [0.2, 0.25) is 0 Å². The first-order valence-electron chi connectivity index (χ1n) is 6.74. The van der Waals surface area contributed by atoms with Crippen LogP contribution in [-0.4, -0.2) is 36.1 Å². The largest absolute Gasteiger partial charge is 0.479 e. The molecule has 0 aliphatic carbocycles. The third kappa shape index (κ3) is 3.92. The average molecular weight is 263 g/mol. The molecule has 5 heteroatoms. The second-order valence-corrected chi connectivity index (χ2v) is 5.03. The normalized spacial score (nSPS) is 24.5. The number of pyridine rings is 1. The van der Waals surface area contributed by atoms with E-state index in [0.29, 0.717) is 11.7 Å². The molecule has 1 aliphatic heterocycles. The first-order valence-corrected chi connectivity index (χ1v) is 6.74. The van der Waals surface area contributed by atoms with Crippen molar-refractivity contribution in [2.45, 2.75) is 32.4 Å². The van der Waals surface area contributed by atoms with Crippen LogP contribution in [0.5, 0.6) is 5.75 Å². The van der Waals surface area contributed by atoms with Gasteiger partial charge in [0.05, 0.1) is 6.20 Å². The van der Waals surface area contributed by atoms with Gasteiger partial charge in [0.15, 0.2) is 6.10 Å². The van der Waals surface area contributed by atoms with E-state index in [9.17, 15) is 4.79 Å². The minimum Gasteiger partial charge on any atom is -0.479 e. The Bertz CT molecular complexity index is 410. The van der Waals surface area contributed by atoms with E-state index in [2.05, 4.69) is 22.5 Å². The van der Waals surface area contributed by atoms with Gasteiger partial charge >= 0.3 is 0 Å². The van der Waals surface area contributed by atoms with Crippen molar-refractivity contribution >= 4 is 5.91 Å². The number of hydrogen-bond acceptors (Lipinski definition) is 4. The van der Waals surface area contributed by atoms with Crippen molar-refractivity contribution in [3.63, 3.8) is 0 Å². The summed E-state index contributed by atoms with van der Waals surface area (Å²) in [6, 6.07) is 3.81. The summed E-state index contributed by atoms with van der Waals surface area (Å²) < 4.78 is 5.56. The standard InChI is InChI=1S/C14H21N3O2/c1-10-8-16-7-5-13(10)17-14(18)11(2)19-12-4-3-6-15-9-12/h3-4,6,9-11,13,16H,5,7-8H2,1-2H3,(H,17,18). The van der Waals surface area contributed by atoms with Crippen molar-refractivity contribution < 1.29 is 9.53 Å². The summed E-state index contributed by atoms with van der Waals surface area (Å²) in [5, 5.41) is 6.38. The fourth-order valence-electron chi connectivity index (χ4n) is 2.20. The summed E-state index contributed by atoms with van der Waals surface area (Å²) in [7, 11) is 0. The molecule has 2 heterocycles. The highest BCUT2D eigenvalue weighted by Crippen LogP contribution is 2.12. The summed E-state index contributed by atoms with van der Waals surface area (Å²) in [6.45, 7) is 5.80. The van der Waals surface area contributed by atoms with Gasteiger partial charge in [-0.2, -0.15) is 0 Å². The lowest BCUT2D eigenvalue weighted by Gasteiger charge is -2.31. The number of carbonyl (C=O) groups is 1. The Morgan fingerprint density at radius 1 is 1.63 bits per heavy atom. The molecule has 19 heavy (non-hydrogen) atoms. The van der Waals surface area contributed by atoms with Gasteiger partial charge in [-0.05, 0) is 44.5 Å². The maximum absolute atomic E-state index is 12.1. The zero-order valence-corrected chi connectivity index (χ0v) is 11.4. The van der Waals surface area contributed by atoms with Crippen molar-refractivity contribution in [2.75, 3.05) is 13.1 Å². The number of nitrogens with zero attached hydrogens (tertiary/aromatic N) is 1. The van der Waals surface area contributed by atoms with Crippen molar-refractivity contribution in [3.05, 3.63) is 24.5 Å². The van der Waals surface area contributed by atoms with Crippen molar-refractivity contribution in [3.8, 4) is 5.75 Å². The van der Waals surface area contributed by atoms with Crippen LogP contribution >= 0.6 is 0 Å². The molecule has 0 saturated carbocycles. The first-order chi connectivity index (χ1) is 9.16. The van der Waals surface area contributed by atoms with E-state index >= 15 is 0 Å². The molecule has 0 bridgehead atoms. The number of hydrogen-bond donors (Lipinski definition) is 2. The molecule has 1 aromatic heterocycles. The highest BCUT2D eigenvalue weighted by molar-refractivity contribution is 5.81. The number of nitrogens with one attached hydrogen (secondary N) is 2. The summed E-state index contributed by atoms with van der Waals surface area (Å²) >= 11 is 0. The molecule has 3 atom stereocenters. The number of ether oxygens (including phenoxy) is 1. The van der Waals surface area contributed by atoms with E-state index in [1.165, 1.54) is 0 Å². The minimum atomic E-state index is -0.508. The van der Waals surface area contributed by atoms with E-state index in [1.54, 1.807) is 31.5 Å². The molecule has 1 aromatic rings. The zero-order valence-electron chi connectivity index (χ0n) is 11.4. The Hall–Kier alpha value is -1.62. The fraction of sp³-hybridized carbons (Fsp3) is 0.571. The van der Waals surface area contributed by atoms with E-state index in [-0.39, 0.29) is 11.9 Å². The quantitative estimate of drug-likeness (QED) is 0.849. The molecule has 1 aliphatic rings. The molecule has 1 amide bonds. The van der Waals surface area contributed by atoms with Crippen LogP contribution in [0.25, 0.3) is 0 Å². The van der Waals surface area contributed by atoms with Crippen LogP contribution in [0.15, 0.2) is 24.5 Å². The van der Waals surface area contributed by atoms with E-state index in [4.69, 9.17) is 4.74 Å². The Morgan fingerprint density at radius 3 is 3.16 bits per heavy atom. The summed E-state index contributed by atoms with van der Waals surface area (Å²) in [4.78, 5) is 16.0. The minimum absolute atomic E-state index is 0.0670. The van der Waals surface area contributed by atoms with Gasteiger partial charge < -0.3 is 15.4 Å². The Kier molecular flexibility index (Phi) is 4.74. The zero-order chi connectivity index (χ0) is 13.7. The van der Waals surface area contributed by atoms with Crippen LogP contribution in [0.1, 0.15) is 20.3 Å². The molecule has 2 rings (SSSR count). The van der Waals surface area contributed by atoms with Crippen LogP contribution in [0.4, 0.5) is 0 Å². The molecular weight excluding hydrogens is 242 g/mol. The lowest BCUT2D eigenvalue weighted by atomic mass is 9.95. The molecule has 0 radical (unpaired) electrons. The molecule has 2 N–H and O–H groups in total. The average Bonchev–Trinajstić information content (AvgIpc) is 2.42. The Morgan fingerprint density at radius 2 is 2.47 bits per heavy atom. The molecule has 5 nitrogen and oxygen atoms in total. The van der Waals surface area contributed by atoms with Gasteiger partial charge in [-0.1, -0.05) is 6.92 Å². The lowest BCUT2D eigenvalue weighted by molar-refractivity contribution is -0.128. The fourth-order valence-corrected chi connectivity index (χ4v) is 2.20. The van der Waals surface area contributed by atoms with E-state index in [1.807, 2.05) is 0 Å². The summed E-state index contributed by atoms with van der Waals surface area (Å²) in [5.41, 5.74) is 0. The number of carbonyl (C=O) groups excluding carboxylic acids is 1. The van der Waals surface area contributed by atoms with Gasteiger partial charge in [-0.15, -0.1) is 0 Å². The van der Waals surface area contributed by atoms with Crippen LogP contribution in [0.3, 0.4) is 0 Å². The molecule has 0 spiro atoms. The molecule has 1 saturated heterocycles. The van der Waals surface area contributed by atoms with Crippen LogP contribution in [0.2, 0.25) is 0 Å².